The third-order valence-corrected chi connectivity index (χ3v) is 5.84. The molecule has 2 aromatic rings. The van der Waals surface area contributed by atoms with E-state index in [1.165, 1.54) is 0 Å². The molecule has 7 heteroatoms. The van der Waals surface area contributed by atoms with Gasteiger partial charge in [-0.3, -0.25) is 14.5 Å². The van der Waals surface area contributed by atoms with Gasteiger partial charge >= 0.3 is 0 Å². The molecule has 30 heavy (non-hydrogen) atoms. The number of hydrogen-bond acceptors (Lipinski definition) is 5. The van der Waals surface area contributed by atoms with Crippen molar-refractivity contribution in [3.63, 3.8) is 0 Å². The molecule has 4 rings (SSSR count). The molecule has 1 unspecified atom stereocenters. The SMILES string of the molecule is Cc1ccccc1CC(=O)N1CCN(C(C)C(=O)Nc2ccc3c(c2)OCO3)CC1. The topological polar surface area (TPSA) is 71.1 Å². The highest BCUT2D eigenvalue weighted by molar-refractivity contribution is 5.95. The lowest BCUT2D eigenvalue weighted by molar-refractivity contribution is -0.133. The number of rotatable bonds is 5. The van der Waals surface area contributed by atoms with E-state index in [2.05, 4.69) is 10.2 Å². The molecule has 7 nitrogen and oxygen atoms in total. The van der Waals surface area contributed by atoms with Crippen molar-refractivity contribution in [2.24, 2.45) is 0 Å². The minimum atomic E-state index is -0.288. The molecule has 0 spiro atoms. The summed E-state index contributed by atoms with van der Waals surface area (Å²) in [7, 11) is 0. The second-order valence-electron chi connectivity index (χ2n) is 7.75. The zero-order chi connectivity index (χ0) is 21.1. The van der Waals surface area contributed by atoms with E-state index in [0.717, 1.165) is 11.1 Å². The van der Waals surface area contributed by atoms with Crippen molar-refractivity contribution in [1.82, 2.24) is 9.80 Å². The Morgan fingerprint density at radius 1 is 1.03 bits per heavy atom. The van der Waals surface area contributed by atoms with Gasteiger partial charge in [-0.2, -0.15) is 0 Å². The van der Waals surface area contributed by atoms with Gasteiger partial charge < -0.3 is 19.7 Å². The number of piperazine rings is 1. The van der Waals surface area contributed by atoms with Crippen LogP contribution in [0, 0.1) is 6.92 Å². The van der Waals surface area contributed by atoms with Crippen LogP contribution >= 0.6 is 0 Å². The molecule has 1 atom stereocenters. The first-order chi connectivity index (χ1) is 14.5. The monoisotopic (exact) mass is 409 g/mol. The summed E-state index contributed by atoms with van der Waals surface area (Å²) in [6.45, 7) is 6.74. The molecule has 0 radical (unpaired) electrons. The fourth-order valence-corrected chi connectivity index (χ4v) is 3.83. The minimum absolute atomic E-state index is 0.0754. The van der Waals surface area contributed by atoms with Crippen molar-refractivity contribution in [1.29, 1.82) is 0 Å². The van der Waals surface area contributed by atoms with Crippen molar-refractivity contribution >= 4 is 17.5 Å². The molecule has 1 saturated heterocycles. The Balaban J connectivity index is 1.28. The lowest BCUT2D eigenvalue weighted by Crippen LogP contribution is -2.54. The van der Waals surface area contributed by atoms with Crippen LogP contribution in [0.2, 0.25) is 0 Å². The van der Waals surface area contributed by atoms with E-state index in [-0.39, 0.29) is 24.6 Å². The van der Waals surface area contributed by atoms with Crippen molar-refractivity contribution in [2.75, 3.05) is 38.3 Å². The number of carbonyl (C=O) groups is 2. The van der Waals surface area contributed by atoms with Crippen LogP contribution in [-0.4, -0.2) is 60.6 Å². The largest absolute Gasteiger partial charge is 0.454 e. The standard InChI is InChI=1S/C23H27N3O4/c1-16-5-3-4-6-18(16)13-22(27)26-11-9-25(10-12-26)17(2)23(28)24-19-7-8-20-21(14-19)30-15-29-20/h3-8,14,17H,9-13,15H2,1-2H3,(H,24,28). The van der Waals surface area contributed by atoms with Crippen LogP contribution in [0.15, 0.2) is 42.5 Å². The van der Waals surface area contributed by atoms with Crippen LogP contribution in [0.1, 0.15) is 18.1 Å². The van der Waals surface area contributed by atoms with Gasteiger partial charge in [-0.05, 0) is 37.1 Å². The number of anilines is 1. The zero-order valence-corrected chi connectivity index (χ0v) is 17.4. The number of benzene rings is 2. The summed E-state index contributed by atoms with van der Waals surface area (Å²) in [5, 5.41) is 2.94. The van der Waals surface area contributed by atoms with Gasteiger partial charge in [0.15, 0.2) is 11.5 Å². The van der Waals surface area contributed by atoms with Gasteiger partial charge in [0, 0.05) is 37.9 Å². The van der Waals surface area contributed by atoms with E-state index in [4.69, 9.17) is 9.47 Å². The quantitative estimate of drug-likeness (QED) is 0.821. The van der Waals surface area contributed by atoms with Crippen LogP contribution in [0.4, 0.5) is 5.69 Å². The van der Waals surface area contributed by atoms with Crippen LogP contribution < -0.4 is 14.8 Å². The third kappa shape index (κ3) is 4.41. The molecule has 158 valence electrons. The van der Waals surface area contributed by atoms with E-state index >= 15 is 0 Å². The summed E-state index contributed by atoms with van der Waals surface area (Å²) in [5.74, 6) is 1.39. The predicted octanol–water partition coefficient (Wildman–Crippen LogP) is 2.44. The van der Waals surface area contributed by atoms with Crippen molar-refractivity contribution in [3.8, 4) is 11.5 Å². The van der Waals surface area contributed by atoms with Gasteiger partial charge in [0.25, 0.3) is 0 Å². The summed E-state index contributed by atoms with van der Waals surface area (Å²) in [5.41, 5.74) is 2.89. The maximum absolute atomic E-state index is 12.7. The molecule has 0 aliphatic carbocycles. The smallest absolute Gasteiger partial charge is 0.241 e. The zero-order valence-electron chi connectivity index (χ0n) is 17.4. The summed E-state index contributed by atoms with van der Waals surface area (Å²) >= 11 is 0. The average Bonchev–Trinajstić information content (AvgIpc) is 3.23. The number of amides is 2. The maximum Gasteiger partial charge on any atom is 0.241 e. The maximum atomic E-state index is 12.7. The summed E-state index contributed by atoms with van der Waals surface area (Å²) in [4.78, 5) is 29.4. The van der Waals surface area contributed by atoms with Crippen molar-refractivity contribution in [3.05, 3.63) is 53.6 Å². The molecule has 2 heterocycles. The number of ether oxygens (including phenoxy) is 2. The molecule has 1 N–H and O–H groups in total. The minimum Gasteiger partial charge on any atom is -0.454 e. The molecular formula is C23H27N3O4. The first-order valence-electron chi connectivity index (χ1n) is 10.3. The summed E-state index contributed by atoms with van der Waals surface area (Å²) < 4.78 is 10.7. The van der Waals surface area contributed by atoms with Gasteiger partial charge in [0.05, 0.1) is 12.5 Å². The first-order valence-corrected chi connectivity index (χ1v) is 10.3. The molecule has 1 fully saturated rings. The molecule has 2 aromatic carbocycles. The summed E-state index contributed by atoms with van der Waals surface area (Å²) in [6.07, 6.45) is 0.423. The van der Waals surface area contributed by atoms with E-state index in [0.29, 0.717) is 49.8 Å². The second kappa shape index (κ2) is 8.75. The van der Waals surface area contributed by atoms with Gasteiger partial charge in [0.1, 0.15) is 0 Å². The van der Waals surface area contributed by atoms with E-state index in [9.17, 15) is 9.59 Å². The normalized spacial score (nSPS) is 16.9. The third-order valence-electron chi connectivity index (χ3n) is 5.84. The van der Waals surface area contributed by atoms with Gasteiger partial charge in [-0.1, -0.05) is 24.3 Å². The molecule has 2 amide bonds. The molecule has 2 aliphatic rings. The molecule has 2 aliphatic heterocycles. The Morgan fingerprint density at radius 2 is 1.77 bits per heavy atom. The number of fused-ring (bicyclic) bond motifs is 1. The Kier molecular flexibility index (Phi) is 5.90. The van der Waals surface area contributed by atoms with Crippen LogP contribution in [0.3, 0.4) is 0 Å². The molecular weight excluding hydrogens is 382 g/mol. The number of carbonyl (C=O) groups excluding carboxylic acids is 2. The highest BCUT2D eigenvalue weighted by Gasteiger charge is 2.28. The van der Waals surface area contributed by atoms with Gasteiger partial charge in [-0.15, -0.1) is 0 Å². The highest BCUT2D eigenvalue weighted by Crippen LogP contribution is 2.34. The van der Waals surface area contributed by atoms with Crippen LogP contribution in [-0.2, 0) is 16.0 Å². The molecule has 0 aromatic heterocycles. The van der Waals surface area contributed by atoms with Crippen molar-refractivity contribution < 1.29 is 19.1 Å². The van der Waals surface area contributed by atoms with Crippen LogP contribution in [0.25, 0.3) is 0 Å². The van der Waals surface area contributed by atoms with E-state index in [1.807, 2.05) is 43.0 Å². The Hall–Kier alpha value is -3.06. The van der Waals surface area contributed by atoms with E-state index in [1.54, 1.807) is 18.2 Å². The number of nitrogens with one attached hydrogen (secondary N) is 1. The van der Waals surface area contributed by atoms with Crippen molar-refractivity contribution in [2.45, 2.75) is 26.3 Å². The predicted molar refractivity (Wildman–Crippen MR) is 114 cm³/mol. The fourth-order valence-electron chi connectivity index (χ4n) is 3.83. The van der Waals surface area contributed by atoms with Gasteiger partial charge in [-0.25, -0.2) is 0 Å². The Labute approximate surface area is 176 Å². The summed E-state index contributed by atoms with van der Waals surface area (Å²) in [6, 6.07) is 13.1. The van der Waals surface area contributed by atoms with E-state index < -0.39 is 0 Å². The lowest BCUT2D eigenvalue weighted by Gasteiger charge is -2.37. The molecule has 0 bridgehead atoms. The average molecular weight is 409 g/mol. The van der Waals surface area contributed by atoms with Crippen LogP contribution in [0.5, 0.6) is 11.5 Å². The Morgan fingerprint density at radius 3 is 2.53 bits per heavy atom. The fraction of sp³-hybridized carbons (Fsp3) is 0.391. The lowest BCUT2D eigenvalue weighted by atomic mass is 10.0. The first kappa shape index (κ1) is 20.2. The number of aryl methyl sites for hydroxylation is 1. The second-order valence-corrected chi connectivity index (χ2v) is 7.75. The number of hydrogen-bond donors (Lipinski definition) is 1. The highest BCUT2D eigenvalue weighted by atomic mass is 16.7. The molecule has 0 saturated carbocycles. The Bertz CT molecular complexity index is 938. The number of nitrogens with zero attached hydrogens (tertiary/aromatic N) is 2. The van der Waals surface area contributed by atoms with Gasteiger partial charge in [0.2, 0.25) is 18.6 Å².